The molecule has 0 fully saturated rings. The Morgan fingerprint density at radius 2 is 1.13 bits per heavy atom. The SMILES string of the molecule is O=S(=O)(O)c1ccc2c(N=Nc3c(S(=O)(=O)O)cc4ccc(Nc5ccccc5)cc4c3O)ccc(N=Nc3ccc4c(S(=O)(=O)O)cccc4c3)c2c1. The van der Waals surface area contributed by atoms with Gasteiger partial charge >= 0.3 is 0 Å². The third kappa shape index (κ3) is 7.37. The number of aromatic hydroxyl groups is 1. The molecule has 7 aromatic carbocycles. The lowest BCUT2D eigenvalue weighted by Crippen LogP contribution is -1.99. The van der Waals surface area contributed by atoms with Crippen molar-refractivity contribution in [3.05, 3.63) is 121 Å². The van der Waals surface area contributed by atoms with Crippen molar-refractivity contribution in [2.45, 2.75) is 14.7 Å². The molecule has 0 saturated carbocycles. The zero-order chi connectivity index (χ0) is 38.4. The smallest absolute Gasteiger partial charge is 0.296 e. The predicted molar refractivity (Wildman–Crippen MR) is 201 cm³/mol. The van der Waals surface area contributed by atoms with Crippen molar-refractivity contribution in [1.82, 2.24) is 0 Å². The van der Waals surface area contributed by atoms with Gasteiger partial charge in [-0.05, 0) is 83.6 Å². The third-order valence-corrected chi connectivity index (χ3v) is 10.9. The first kappa shape index (κ1) is 36.2. The molecule has 0 radical (unpaired) electrons. The van der Waals surface area contributed by atoms with Crippen LogP contribution in [0.4, 0.5) is 34.1 Å². The van der Waals surface area contributed by atoms with Crippen molar-refractivity contribution >= 4 is 96.8 Å². The minimum absolute atomic E-state index is 0.0505. The second-order valence-corrected chi connectivity index (χ2v) is 16.0. The Balaban J connectivity index is 1.32. The van der Waals surface area contributed by atoms with Crippen molar-refractivity contribution < 1.29 is 44.0 Å². The molecule has 54 heavy (non-hydrogen) atoms. The molecular weight excluding hydrogens is 759 g/mol. The van der Waals surface area contributed by atoms with Crippen LogP contribution in [-0.4, -0.2) is 44.0 Å². The molecule has 0 aliphatic heterocycles. The molecular formula is C36H25N5O10S3. The average Bonchev–Trinajstić information content (AvgIpc) is 3.12. The zero-order valence-electron chi connectivity index (χ0n) is 27.3. The summed E-state index contributed by atoms with van der Waals surface area (Å²) in [4.78, 5) is -1.49. The van der Waals surface area contributed by atoms with Crippen LogP contribution >= 0.6 is 0 Å². The Hall–Kier alpha value is -6.15. The van der Waals surface area contributed by atoms with Crippen LogP contribution in [-0.2, 0) is 30.4 Å². The lowest BCUT2D eigenvalue weighted by Gasteiger charge is -2.12. The number of benzene rings is 7. The fourth-order valence-corrected chi connectivity index (χ4v) is 7.65. The molecule has 0 unspecified atom stereocenters. The van der Waals surface area contributed by atoms with Gasteiger partial charge in [0, 0.05) is 32.9 Å². The van der Waals surface area contributed by atoms with Gasteiger partial charge in [0.15, 0.2) is 5.75 Å². The number of para-hydroxylation sites is 1. The topological polar surface area (TPSA) is 245 Å². The molecule has 0 bridgehead atoms. The first-order valence-corrected chi connectivity index (χ1v) is 19.9. The number of azo groups is 2. The van der Waals surface area contributed by atoms with Gasteiger partial charge in [0.05, 0.1) is 22.0 Å². The van der Waals surface area contributed by atoms with Crippen molar-refractivity contribution in [2.24, 2.45) is 20.5 Å². The number of nitrogens with one attached hydrogen (secondary N) is 1. The minimum Gasteiger partial charge on any atom is -0.505 e. The van der Waals surface area contributed by atoms with Gasteiger partial charge in [0.25, 0.3) is 30.4 Å². The van der Waals surface area contributed by atoms with E-state index < -0.39 is 51.6 Å². The largest absolute Gasteiger partial charge is 0.505 e. The first-order chi connectivity index (χ1) is 25.6. The fourth-order valence-electron chi connectivity index (χ4n) is 5.78. The number of nitrogens with zero attached hydrogens (tertiary/aromatic N) is 4. The van der Waals surface area contributed by atoms with E-state index >= 15 is 0 Å². The lowest BCUT2D eigenvalue weighted by molar-refractivity contribution is 0.472. The molecule has 15 nitrogen and oxygen atoms in total. The molecule has 0 aliphatic rings. The highest BCUT2D eigenvalue weighted by Crippen LogP contribution is 2.44. The number of anilines is 2. The molecule has 18 heteroatoms. The van der Waals surface area contributed by atoms with Crippen LogP contribution in [0.3, 0.4) is 0 Å². The third-order valence-electron chi connectivity index (χ3n) is 8.27. The molecule has 7 rings (SSSR count). The molecule has 5 N–H and O–H groups in total. The van der Waals surface area contributed by atoms with Crippen LogP contribution in [0.2, 0.25) is 0 Å². The van der Waals surface area contributed by atoms with Gasteiger partial charge in [-0.1, -0.05) is 48.5 Å². The second kappa shape index (κ2) is 13.7. The maximum absolute atomic E-state index is 12.5. The van der Waals surface area contributed by atoms with E-state index in [1.54, 1.807) is 24.3 Å². The normalized spacial score (nSPS) is 12.7. The number of hydrogen-bond donors (Lipinski definition) is 5. The van der Waals surface area contributed by atoms with Crippen molar-refractivity contribution in [1.29, 1.82) is 0 Å². The molecule has 0 aliphatic carbocycles. The number of fused-ring (bicyclic) bond motifs is 3. The van der Waals surface area contributed by atoms with E-state index in [1.165, 1.54) is 48.5 Å². The minimum atomic E-state index is -4.93. The van der Waals surface area contributed by atoms with E-state index in [9.17, 15) is 44.0 Å². The maximum atomic E-state index is 12.5. The molecule has 272 valence electrons. The van der Waals surface area contributed by atoms with E-state index in [0.29, 0.717) is 11.1 Å². The Kier molecular flexibility index (Phi) is 9.18. The van der Waals surface area contributed by atoms with E-state index in [1.807, 2.05) is 30.3 Å². The van der Waals surface area contributed by atoms with Crippen LogP contribution in [0.15, 0.2) is 156 Å². The molecule has 0 atom stereocenters. The van der Waals surface area contributed by atoms with Gasteiger partial charge in [0.1, 0.15) is 15.5 Å². The van der Waals surface area contributed by atoms with Crippen molar-refractivity contribution in [3.8, 4) is 5.75 Å². The number of phenols is 1. The quantitative estimate of drug-likeness (QED) is 0.0682. The number of rotatable bonds is 9. The summed E-state index contributed by atoms with van der Waals surface area (Å²) in [5, 5.41) is 32.7. The van der Waals surface area contributed by atoms with Gasteiger partial charge in [-0.2, -0.15) is 30.4 Å². The Morgan fingerprint density at radius 3 is 1.83 bits per heavy atom. The highest BCUT2D eigenvalue weighted by atomic mass is 32.2. The van der Waals surface area contributed by atoms with E-state index in [2.05, 4.69) is 25.8 Å². The Bertz CT molecular complexity index is 3070. The molecule has 0 heterocycles. The zero-order valence-corrected chi connectivity index (χ0v) is 29.7. The summed E-state index contributed by atoms with van der Waals surface area (Å²) in [5.74, 6) is -0.594. The molecule has 0 saturated heterocycles. The highest BCUT2D eigenvalue weighted by molar-refractivity contribution is 7.86. The first-order valence-electron chi connectivity index (χ1n) is 15.5. The highest BCUT2D eigenvalue weighted by Gasteiger charge is 2.23. The van der Waals surface area contributed by atoms with Gasteiger partial charge in [-0.25, -0.2) is 0 Å². The summed E-state index contributed by atoms with van der Waals surface area (Å²) >= 11 is 0. The molecule has 0 amide bonds. The summed E-state index contributed by atoms with van der Waals surface area (Å²) in [6.07, 6.45) is 0. The average molecular weight is 784 g/mol. The summed E-state index contributed by atoms with van der Waals surface area (Å²) < 4.78 is 102. The summed E-state index contributed by atoms with van der Waals surface area (Å²) in [6, 6.07) is 30.2. The van der Waals surface area contributed by atoms with Crippen LogP contribution in [0.25, 0.3) is 32.3 Å². The van der Waals surface area contributed by atoms with Gasteiger partial charge in [0.2, 0.25) is 0 Å². The van der Waals surface area contributed by atoms with Crippen molar-refractivity contribution in [3.63, 3.8) is 0 Å². The molecule has 0 spiro atoms. The Labute approximate surface area is 307 Å². The van der Waals surface area contributed by atoms with Crippen LogP contribution < -0.4 is 5.32 Å². The second-order valence-electron chi connectivity index (χ2n) is 11.8. The van der Waals surface area contributed by atoms with E-state index in [4.69, 9.17) is 0 Å². The predicted octanol–water partition coefficient (Wildman–Crippen LogP) is 9.17. The summed E-state index contributed by atoms with van der Waals surface area (Å²) in [5.41, 5.74) is 1.17. The summed E-state index contributed by atoms with van der Waals surface area (Å²) in [7, 11) is -14.1. The van der Waals surface area contributed by atoms with Crippen LogP contribution in [0.1, 0.15) is 0 Å². The lowest BCUT2D eigenvalue weighted by atomic mass is 10.1. The standard InChI is InChI=1S/C36H25N5O10S3/c42-36-29-19-24(37-23-6-2-1-3-7-23)10-9-22(29)18-34(54(49,50)51)35(36)41-40-31-15-16-32(30-20-26(52(43,44)45)12-14-28(30)31)39-38-25-11-13-27-21(17-25)5-4-8-33(27)53(46,47)48/h1-20,37,42H,(H,43,44,45)(H,46,47,48)(H,49,50,51). The van der Waals surface area contributed by atoms with E-state index in [0.717, 1.165) is 23.9 Å². The van der Waals surface area contributed by atoms with Crippen LogP contribution in [0, 0.1) is 0 Å². The van der Waals surface area contributed by atoms with Gasteiger partial charge < -0.3 is 10.4 Å². The Morgan fingerprint density at radius 1 is 0.463 bits per heavy atom. The fraction of sp³-hybridized carbons (Fsp3) is 0. The van der Waals surface area contributed by atoms with Gasteiger partial charge in [-0.3, -0.25) is 13.7 Å². The van der Waals surface area contributed by atoms with Crippen molar-refractivity contribution in [2.75, 3.05) is 5.32 Å². The van der Waals surface area contributed by atoms with Gasteiger partial charge in [-0.15, -0.1) is 15.3 Å². The maximum Gasteiger partial charge on any atom is 0.296 e. The number of phenolic OH excluding ortho intramolecular Hbond substituents is 1. The number of hydrogen-bond acceptors (Lipinski definition) is 12. The summed E-state index contributed by atoms with van der Waals surface area (Å²) in [6.45, 7) is 0. The van der Waals surface area contributed by atoms with Crippen LogP contribution in [0.5, 0.6) is 5.75 Å². The van der Waals surface area contributed by atoms with E-state index in [-0.39, 0.29) is 48.9 Å². The molecule has 0 aromatic heterocycles. The molecule has 7 aromatic rings. The monoisotopic (exact) mass is 783 g/mol.